The minimum atomic E-state index is -4.53. The number of nitrogens with one attached hydrogen (secondary N) is 1. The molecule has 0 bridgehead atoms. The van der Waals surface area contributed by atoms with Crippen molar-refractivity contribution in [3.63, 3.8) is 0 Å². The molecule has 1 N–H and O–H groups in total. The molecule has 0 radical (unpaired) electrons. The Labute approximate surface area is 195 Å². The minimum absolute atomic E-state index is 0.101. The van der Waals surface area contributed by atoms with E-state index in [4.69, 9.17) is 9.47 Å². The van der Waals surface area contributed by atoms with Crippen molar-refractivity contribution in [3.05, 3.63) is 47.8 Å². The molecule has 34 heavy (non-hydrogen) atoms. The van der Waals surface area contributed by atoms with E-state index >= 15 is 0 Å². The van der Waals surface area contributed by atoms with E-state index in [1.807, 2.05) is 15.9 Å². The maximum absolute atomic E-state index is 12.6. The number of pyridine rings is 1. The summed E-state index contributed by atoms with van der Waals surface area (Å²) in [5.41, 5.74) is 3.33. The van der Waals surface area contributed by atoms with Crippen LogP contribution in [0, 0.1) is 0 Å². The molecular weight excluding hydrogens is 449 g/mol. The van der Waals surface area contributed by atoms with Gasteiger partial charge in [-0.3, -0.25) is 9.20 Å². The van der Waals surface area contributed by atoms with E-state index in [9.17, 15) is 18.0 Å². The standard InChI is InChI=1S/C24H27F3N4O3/c1-30-7-4-15(5-8-30)16-6-9-31-18(13-28-21(31)12-16)17-10-19(33-2)22(20(11-17)34-3)23(32)29-14-24(25,26)27/h6,9-13,15H,4-5,7-8,14H2,1-3H3,(H,29,32). The van der Waals surface area contributed by atoms with Crippen molar-refractivity contribution in [3.8, 4) is 22.8 Å². The number of amides is 1. The number of piperidine rings is 1. The van der Waals surface area contributed by atoms with Crippen LogP contribution >= 0.6 is 0 Å². The first-order valence-corrected chi connectivity index (χ1v) is 11.0. The predicted molar refractivity (Wildman–Crippen MR) is 122 cm³/mol. The topological polar surface area (TPSA) is 68.1 Å². The molecule has 1 aromatic carbocycles. The lowest BCUT2D eigenvalue weighted by Gasteiger charge is -2.29. The monoisotopic (exact) mass is 476 g/mol. The highest BCUT2D eigenvalue weighted by molar-refractivity contribution is 6.00. The summed E-state index contributed by atoms with van der Waals surface area (Å²) in [5.74, 6) is -0.228. The van der Waals surface area contributed by atoms with Crippen LogP contribution in [-0.2, 0) is 0 Å². The van der Waals surface area contributed by atoms with Gasteiger partial charge in [0.1, 0.15) is 29.3 Å². The molecule has 1 fully saturated rings. The second-order valence-electron chi connectivity index (χ2n) is 8.46. The predicted octanol–water partition coefficient (Wildman–Crippen LogP) is 4.12. The number of aromatic nitrogens is 2. The first kappa shape index (κ1) is 23.9. The summed E-state index contributed by atoms with van der Waals surface area (Å²) >= 11 is 0. The van der Waals surface area contributed by atoms with Crippen LogP contribution in [0.15, 0.2) is 36.7 Å². The fraction of sp³-hybridized carbons (Fsp3) is 0.417. The molecular formula is C24H27F3N4O3. The van der Waals surface area contributed by atoms with Crippen molar-refractivity contribution in [1.29, 1.82) is 0 Å². The molecule has 1 saturated heterocycles. The third kappa shape index (κ3) is 4.96. The number of carbonyl (C=O) groups is 1. The van der Waals surface area contributed by atoms with E-state index in [2.05, 4.69) is 29.1 Å². The van der Waals surface area contributed by atoms with Gasteiger partial charge in [-0.2, -0.15) is 13.2 Å². The number of rotatable bonds is 6. The van der Waals surface area contributed by atoms with Crippen LogP contribution in [0.5, 0.6) is 11.5 Å². The Hall–Kier alpha value is -3.27. The first-order chi connectivity index (χ1) is 16.2. The second kappa shape index (κ2) is 9.54. The highest BCUT2D eigenvalue weighted by Gasteiger charge is 2.30. The number of likely N-dealkylation sites (tertiary alicyclic amines) is 1. The normalized spacial score (nSPS) is 15.5. The van der Waals surface area contributed by atoms with Crippen molar-refractivity contribution < 1.29 is 27.4 Å². The smallest absolute Gasteiger partial charge is 0.405 e. The lowest BCUT2D eigenvalue weighted by atomic mass is 9.90. The van der Waals surface area contributed by atoms with E-state index in [1.54, 1.807) is 18.3 Å². The molecule has 0 atom stereocenters. The van der Waals surface area contributed by atoms with Gasteiger partial charge in [0.25, 0.3) is 5.91 Å². The van der Waals surface area contributed by atoms with Crippen LogP contribution in [-0.4, -0.2) is 67.3 Å². The summed E-state index contributed by atoms with van der Waals surface area (Å²) in [6, 6.07) is 7.38. The Balaban J connectivity index is 1.67. The van der Waals surface area contributed by atoms with Gasteiger partial charge in [0.2, 0.25) is 0 Å². The lowest BCUT2D eigenvalue weighted by molar-refractivity contribution is -0.123. The number of benzene rings is 1. The van der Waals surface area contributed by atoms with Gasteiger partial charge in [0.05, 0.1) is 26.1 Å². The first-order valence-electron chi connectivity index (χ1n) is 11.0. The molecule has 1 aliphatic heterocycles. The maximum Gasteiger partial charge on any atom is 0.405 e. The van der Waals surface area contributed by atoms with E-state index in [-0.39, 0.29) is 17.1 Å². The molecule has 182 valence electrons. The fourth-order valence-electron chi connectivity index (χ4n) is 4.36. The van der Waals surface area contributed by atoms with Crippen LogP contribution in [0.1, 0.15) is 34.7 Å². The summed E-state index contributed by atoms with van der Waals surface area (Å²) < 4.78 is 50.3. The number of fused-ring (bicyclic) bond motifs is 1. The third-order valence-corrected chi connectivity index (χ3v) is 6.21. The number of ether oxygens (including phenoxy) is 2. The lowest BCUT2D eigenvalue weighted by Crippen LogP contribution is -2.34. The molecule has 1 aliphatic rings. The SMILES string of the molecule is COc1cc(-c2cnc3cc(C4CCN(C)CC4)ccn23)cc(OC)c1C(=O)NCC(F)(F)F. The second-order valence-corrected chi connectivity index (χ2v) is 8.46. The quantitative estimate of drug-likeness (QED) is 0.580. The molecule has 10 heteroatoms. The molecule has 0 aliphatic carbocycles. The van der Waals surface area contributed by atoms with Crippen molar-refractivity contribution >= 4 is 11.6 Å². The minimum Gasteiger partial charge on any atom is -0.496 e. The van der Waals surface area contributed by atoms with Gasteiger partial charge in [-0.05, 0) is 68.7 Å². The fourth-order valence-corrected chi connectivity index (χ4v) is 4.36. The van der Waals surface area contributed by atoms with Crippen LogP contribution in [0.25, 0.3) is 16.9 Å². The van der Waals surface area contributed by atoms with Crippen LogP contribution in [0.4, 0.5) is 13.2 Å². The number of alkyl halides is 3. The van der Waals surface area contributed by atoms with E-state index < -0.39 is 18.6 Å². The molecule has 2 aromatic heterocycles. The number of methoxy groups -OCH3 is 2. The van der Waals surface area contributed by atoms with E-state index in [0.717, 1.165) is 37.3 Å². The van der Waals surface area contributed by atoms with E-state index in [0.29, 0.717) is 11.5 Å². The van der Waals surface area contributed by atoms with Crippen molar-refractivity contribution in [2.24, 2.45) is 0 Å². The largest absolute Gasteiger partial charge is 0.496 e. The molecule has 0 unspecified atom stereocenters. The number of nitrogens with zero attached hydrogens (tertiary/aromatic N) is 3. The van der Waals surface area contributed by atoms with Crippen LogP contribution in [0.3, 0.4) is 0 Å². The zero-order chi connectivity index (χ0) is 24.5. The number of hydrogen-bond donors (Lipinski definition) is 1. The Kier molecular flexibility index (Phi) is 6.70. The van der Waals surface area contributed by atoms with Gasteiger partial charge in [0.15, 0.2) is 0 Å². The van der Waals surface area contributed by atoms with Gasteiger partial charge in [-0.25, -0.2) is 4.98 Å². The summed E-state index contributed by atoms with van der Waals surface area (Å²) in [5, 5.41) is 1.87. The van der Waals surface area contributed by atoms with Crippen molar-refractivity contribution in [2.75, 3.05) is 40.9 Å². The Bertz CT molecular complexity index is 1160. The zero-order valence-corrected chi connectivity index (χ0v) is 19.3. The third-order valence-electron chi connectivity index (χ3n) is 6.21. The average Bonchev–Trinajstić information content (AvgIpc) is 3.25. The maximum atomic E-state index is 12.6. The Morgan fingerprint density at radius 2 is 1.79 bits per heavy atom. The van der Waals surface area contributed by atoms with Gasteiger partial charge < -0.3 is 19.7 Å². The molecule has 3 aromatic rings. The highest BCUT2D eigenvalue weighted by Crippen LogP contribution is 2.36. The van der Waals surface area contributed by atoms with Crippen molar-refractivity contribution in [1.82, 2.24) is 19.6 Å². The van der Waals surface area contributed by atoms with Crippen LogP contribution < -0.4 is 14.8 Å². The Morgan fingerprint density at radius 1 is 1.15 bits per heavy atom. The molecule has 4 rings (SSSR count). The number of imidazole rings is 1. The molecule has 0 saturated carbocycles. The van der Waals surface area contributed by atoms with E-state index in [1.165, 1.54) is 19.8 Å². The van der Waals surface area contributed by atoms with Gasteiger partial charge in [-0.1, -0.05) is 0 Å². The summed E-state index contributed by atoms with van der Waals surface area (Å²) in [6.07, 6.45) is 1.36. The molecule has 7 nitrogen and oxygen atoms in total. The van der Waals surface area contributed by atoms with Gasteiger partial charge >= 0.3 is 6.18 Å². The summed E-state index contributed by atoms with van der Waals surface area (Å²) in [4.78, 5) is 19.4. The van der Waals surface area contributed by atoms with Gasteiger partial charge in [-0.15, -0.1) is 0 Å². The highest BCUT2D eigenvalue weighted by atomic mass is 19.4. The zero-order valence-electron chi connectivity index (χ0n) is 19.3. The summed E-state index contributed by atoms with van der Waals surface area (Å²) in [7, 11) is 4.83. The van der Waals surface area contributed by atoms with Crippen molar-refractivity contribution in [2.45, 2.75) is 24.9 Å². The number of carbonyl (C=O) groups excluding carboxylic acids is 1. The van der Waals surface area contributed by atoms with Gasteiger partial charge in [0, 0.05) is 11.8 Å². The van der Waals surface area contributed by atoms with Crippen LogP contribution in [0.2, 0.25) is 0 Å². The molecule has 3 heterocycles. The molecule has 1 amide bonds. The Morgan fingerprint density at radius 3 is 2.38 bits per heavy atom. The summed E-state index contributed by atoms with van der Waals surface area (Å²) in [6.45, 7) is 0.683. The number of hydrogen-bond acceptors (Lipinski definition) is 5. The average molecular weight is 476 g/mol. The number of halogens is 3. The molecule has 0 spiro atoms.